The van der Waals surface area contributed by atoms with Gasteiger partial charge in [-0.25, -0.2) is 0 Å². The first kappa shape index (κ1) is 12.6. The van der Waals surface area contributed by atoms with Crippen LogP contribution in [0.1, 0.15) is 24.9 Å². The Morgan fingerprint density at radius 1 is 1.40 bits per heavy atom. The molecule has 0 aliphatic heterocycles. The summed E-state index contributed by atoms with van der Waals surface area (Å²) in [6, 6.07) is 8.44. The largest absolute Gasteiger partial charge is 0.385 e. The van der Waals surface area contributed by atoms with Crippen LogP contribution in [0, 0.1) is 0 Å². The van der Waals surface area contributed by atoms with E-state index in [0.717, 1.165) is 18.8 Å². The van der Waals surface area contributed by atoms with Gasteiger partial charge in [0.1, 0.15) is 0 Å². The molecule has 0 radical (unpaired) electrons. The number of methoxy groups -OCH3 is 1. The van der Waals surface area contributed by atoms with Crippen molar-refractivity contribution in [2.24, 2.45) is 5.73 Å². The van der Waals surface area contributed by atoms with E-state index < -0.39 is 0 Å². The maximum atomic E-state index is 5.91. The third-order valence-electron chi connectivity index (χ3n) is 2.16. The molecule has 0 aliphatic rings. The standard InChI is InChI=1S/C12H19NOS/c1-10(13)11-6-3-4-7-12(11)15-9-5-8-14-2/h3-4,6-7,10H,5,8-9,13H2,1-2H3. The highest BCUT2D eigenvalue weighted by atomic mass is 32.2. The smallest absolute Gasteiger partial charge is 0.0470 e. The highest BCUT2D eigenvalue weighted by Crippen LogP contribution is 2.26. The monoisotopic (exact) mass is 225 g/mol. The Bertz CT molecular complexity index is 289. The van der Waals surface area contributed by atoms with E-state index in [2.05, 4.69) is 18.2 Å². The lowest BCUT2D eigenvalue weighted by atomic mass is 10.1. The number of hydrogen-bond acceptors (Lipinski definition) is 3. The van der Waals surface area contributed by atoms with Gasteiger partial charge in [0.25, 0.3) is 0 Å². The number of hydrogen-bond donors (Lipinski definition) is 1. The van der Waals surface area contributed by atoms with Crippen LogP contribution in [0.3, 0.4) is 0 Å². The summed E-state index contributed by atoms with van der Waals surface area (Å²) in [6.07, 6.45) is 1.08. The average Bonchev–Trinajstić information content (AvgIpc) is 2.25. The Balaban J connectivity index is 2.52. The first-order valence-corrected chi connectivity index (χ1v) is 6.20. The zero-order chi connectivity index (χ0) is 11.1. The summed E-state index contributed by atoms with van der Waals surface area (Å²) in [4.78, 5) is 1.30. The number of thioether (sulfide) groups is 1. The average molecular weight is 225 g/mol. The Morgan fingerprint density at radius 3 is 2.80 bits per heavy atom. The van der Waals surface area contributed by atoms with Gasteiger partial charge in [-0.05, 0) is 25.0 Å². The minimum absolute atomic E-state index is 0.108. The van der Waals surface area contributed by atoms with Crippen molar-refractivity contribution in [3.63, 3.8) is 0 Å². The molecule has 1 rings (SSSR count). The van der Waals surface area contributed by atoms with Crippen LogP contribution >= 0.6 is 11.8 Å². The third-order valence-corrected chi connectivity index (χ3v) is 3.34. The summed E-state index contributed by atoms with van der Waals surface area (Å²) >= 11 is 1.86. The van der Waals surface area contributed by atoms with Gasteiger partial charge in [-0.15, -0.1) is 11.8 Å². The second-order valence-electron chi connectivity index (χ2n) is 3.52. The molecule has 0 fully saturated rings. The van der Waals surface area contributed by atoms with Gasteiger partial charge in [-0.2, -0.15) is 0 Å². The van der Waals surface area contributed by atoms with Crippen LogP contribution in [-0.2, 0) is 4.74 Å². The fraction of sp³-hybridized carbons (Fsp3) is 0.500. The maximum absolute atomic E-state index is 5.91. The summed E-state index contributed by atoms with van der Waals surface area (Å²) < 4.78 is 5.02. The van der Waals surface area contributed by atoms with Gasteiger partial charge in [0, 0.05) is 30.4 Å². The number of ether oxygens (including phenoxy) is 1. The lowest BCUT2D eigenvalue weighted by molar-refractivity contribution is 0.200. The van der Waals surface area contributed by atoms with Crippen molar-refractivity contribution in [1.82, 2.24) is 0 Å². The molecule has 1 atom stereocenters. The van der Waals surface area contributed by atoms with E-state index in [1.807, 2.05) is 24.8 Å². The first-order valence-electron chi connectivity index (χ1n) is 5.22. The Labute approximate surface area is 96.2 Å². The maximum Gasteiger partial charge on any atom is 0.0470 e. The second kappa shape index (κ2) is 6.88. The predicted molar refractivity (Wildman–Crippen MR) is 66.3 cm³/mol. The summed E-state index contributed by atoms with van der Waals surface area (Å²) in [5.74, 6) is 1.08. The van der Waals surface area contributed by atoms with E-state index in [9.17, 15) is 0 Å². The van der Waals surface area contributed by atoms with Crippen molar-refractivity contribution < 1.29 is 4.74 Å². The van der Waals surface area contributed by atoms with Crippen LogP contribution in [0.25, 0.3) is 0 Å². The van der Waals surface area contributed by atoms with Crippen molar-refractivity contribution in [1.29, 1.82) is 0 Å². The van der Waals surface area contributed by atoms with Gasteiger partial charge in [0.05, 0.1) is 0 Å². The van der Waals surface area contributed by atoms with Gasteiger partial charge in [-0.1, -0.05) is 18.2 Å². The topological polar surface area (TPSA) is 35.2 Å². The molecule has 3 heteroatoms. The van der Waals surface area contributed by atoms with Crippen LogP contribution in [0.15, 0.2) is 29.2 Å². The molecular formula is C12H19NOS. The number of rotatable bonds is 6. The molecule has 1 aromatic carbocycles. The predicted octanol–water partition coefficient (Wildman–Crippen LogP) is 2.83. The van der Waals surface area contributed by atoms with Crippen LogP contribution < -0.4 is 5.73 Å². The van der Waals surface area contributed by atoms with Crippen LogP contribution in [0.2, 0.25) is 0 Å². The van der Waals surface area contributed by atoms with Crippen molar-refractivity contribution in [3.05, 3.63) is 29.8 Å². The lowest BCUT2D eigenvalue weighted by Crippen LogP contribution is -2.06. The van der Waals surface area contributed by atoms with Crippen molar-refractivity contribution >= 4 is 11.8 Å². The highest BCUT2D eigenvalue weighted by molar-refractivity contribution is 7.99. The molecule has 15 heavy (non-hydrogen) atoms. The van der Waals surface area contributed by atoms with Crippen LogP contribution in [-0.4, -0.2) is 19.5 Å². The fourth-order valence-corrected chi connectivity index (χ4v) is 2.45. The Morgan fingerprint density at radius 2 is 2.13 bits per heavy atom. The Hall–Kier alpha value is -0.510. The summed E-state index contributed by atoms with van der Waals surface area (Å²) in [7, 11) is 1.74. The number of nitrogens with two attached hydrogens (primary N) is 1. The molecule has 0 bridgehead atoms. The summed E-state index contributed by atoms with van der Waals surface area (Å²) in [5.41, 5.74) is 7.14. The van der Waals surface area contributed by atoms with Gasteiger partial charge in [-0.3, -0.25) is 0 Å². The quantitative estimate of drug-likeness (QED) is 0.597. The van der Waals surface area contributed by atoms with Crippen LogP contribution in [0.5, 0.6) is 0 Å². The van der Waals surface area contributed by atoms with E-state index in [-0.39, 0.29) is 6.04 Å². The molecule has 0 spiro atoms. The zero-order valence-electron chi connectivity index (χ0n) is 9.40. The fourth-order valence-electron chi connectivity index (χ4n) is 1.37. The van der Waals surface area contributed by atoms with E-state index in [1.165, 1.54) is 10.5 Å². The molecule has 1 aromatic rings. The van der Waals surface area contributed by atoms with Gasteiger partial charge >= 0.3 is 0 Å². The van der Waals surface area contributed by atoms with E-state index in [1.54, 1.807) is 7.11 Å². The van der Waals surface area contributed by atoms with E-state index in [4.69, 9.17) is 10.5 Å². The molecular weight excluding hydrogens is 206 g/mol. The van der Waals surface area contributed by atoms with Crippen molar-refractivity contribution in [3.8, 4) is 0 Å². The molecule has 0 saturated carbocycles. The lowest BCUT2D eigenvalue weighted by Gasteiger charge is -2.11. The SMILES string of the molecule is COCCCSc1ccccc1C(C)N. The molecule has 2 nitrogen and oxygen atoms in total. The molecule has 2 N–H and O–H groups in total. The third kappa shape index (κ3) is 4.24. The minimum atomic E-state index is 0.108. The summed E-state index contributed by atoms with van der Waals surface area (Å²) in [5, 5.41) is 0. The molecule has 0 saturated heterocycles. The van der Waals surface area contributed by atoms with Crippen molar-refractivity contribution in [2.45, 2.75) is 24.3 Å². The number of benzene rings is 1. The van der Waals surface area contributed by atoms with Gasteiger partial charge in [0.15, 0.2) is 0 Å². The first-order chi connectivity index (χ1) is 7.25. The van der Waals surface area contributed by atoms with E-state index in [0.29, 0.717) is 0 Å². The normalized spacial score (nSPS) is 12.7. The Kier molecular flexibility index (Phi) is 5.76. The van der Waals surface area contributed by atoms with E-state index >= 15 is 0 Å². The molecule has 0 heterocycles. The zero-order valence-corrected chi connectivity index (χ0v) is 10.2. The molecule has 84 valence electrons. The molecule has 0 amide bonds. The summed E-state index contributed by atoms with van der Waals surface area (Å²) in [6.45, 7) is 2.85. The minimum Gasteiger partial charge on any atom is -0.385 e. The van der Waals surface area contributed by atoms with Crippen molar-refractivity contribution in [2.75, 3.05) is 19.5 Å². The molecule has 1 unspecified atom stereocenters. The molecule has 0 aliphatic carbocycles. The van der Waals surface area contributed by atoms with Crippen LogP contribution in [0.4, 0.5) is 0 Å². The molecule has 0 aromatic heterocycles. The van der Waals surface area contributed by atoms with Gasteiger partial charge < -0.3 is 10.5 Å². The highest BCUT2D eigenvalue weighted by Gasteiger charge is 2.05. The van der Waals surface area contributed by atoms with Gasteiger partial charge in [0.2, 0.25) is 0 Å². The second-order valence-corrected chi connectivity index (χ2v) is 4.66.